The molecule has 98 valence electrons. The Morgan fingerprint density at radius 2 is 2.11 bits per heavy atom. The van der Waals surface area contributed by atoms with Crippen molar-refractivity contribution in [1.29, 1.82) is 0 Å². The number of hydrogen-bond acceptors (Lipinski definition) is 4. The zero-order chi connectivity index (χ0) is 13.6. The minimum absolute atomic E-state index is 0.263. The number of hydrogen-bond donors (Lipinski definition) is 1. The van der Waals surface area contributed by atoms with Gasteiger partial charge in [0.05, 0.1) is 0 Å². The average molecular weight is 256 g/mol. The van der Waals surface area contributed by atoms with Crippen LogP contribution >= 0.6 is 0 Å². The second kappa shape index (κ2) is 3.91. The van der Waals surface area contributed by atoms with Crippen molar-refractivity contribution < 1.29 is 0 Å². The SMILES string of the molecule is CC[C@]1(C)Nc2ccccc2-c2nc(=O)c(C)nn21. The molecule has 0 aliphatic carbocycles. The summed E-state index contributed by atoms with van der Waals surface area (Å²) in [6, 6.07) is 7.86. The maximum absolute atomic E-state index is 11.8. The summed E-state index contributed by atoms with van der Waals surface area (Å²) in [5.41, 5.74) is 1.70. The molecule has 2 aromatic rings. The number of rotatable bonds is 1. The van der Waals surface area contributed by atoms with Crippen LogP contribution in [0.5, 0.6) is 0 Å². The van der Waals surface area contributed by atoms with Crippen LogP contribution in [0.2, 0.25) is 0 Å². The maximum Gasteiger partial charge on any atom is 0.294 e. The molecular weight excluding hydrogens is 240 g/mol. The van der Waals surface area contributed by atoms with E-state index < -0.39 is 0 Å². The number of fused-ring (bicyclic) bond motifs is 3. The van der Waals surface area contributed by atoms with Crippen molar-refractivity contribution >= 4 is 5.69 Å². The van der Waals surface area contributed by atoms with Crippen molar-refractivity contribution in [2.24, 2.45) is 0 Å². The van der Waals surface area contributed by atoms with Crippen LogP contribution in [0.25, 0.3) is 11.4 Å². The molecule has 1 aliphatic rings. The highest BCUT2D eigenvalue weighted by molar-refractivity contribution is 5.76. The molecule has 0 bridgehead atoms. The largest absolute Gasteiger partial charge is 0.361 e. The van der Waals surface area contributed by atoms with Crippen molar-refractivity contribution in [3.05, 3.63) is 40.3 Å². The van der Waals surface area contributed by atoms with Gasteiger partial charge in [-0.25, -0.2) is 4.68 Å². The molecule has 1 atom stereocenters. The second-order valence-electron chi connectivity index (χ2n) is 5.04. The molecule has 0 fully saturated rings. The lowest BCUT2D eigenvalue weighted by Gasteiger charge is -2.38. The van der Waals surface area contributed by atoms with E-state index in [-0.39, 0.29) is 11.2 Å². The number of nitrogens with one attached hydrogen (secondary N) is 1. The monoisotopic (exact) mass is 256 g/mol. The molecule has 5 nitrogen and oxygen atoms in total. The molecule has 19 heavy (non-hydrogen) atoms. The minimum Gasteiger partial charge on any atom is -0.361 e. The first kappa shape index (κ1) is 11.9. The number of nitrogens with zero attached hydrogens (tertiary/aromatic N) is 3. The van der Waals surface area contributed by atoms with E-state index >= 15 is 0 Å². The number of para-hydroxylation sites is 1. The van der Waals surface area contributed by atoms with Crippen LogP contribution in [0, 0.1) is 6.92 Å². The van der Waals surface area contributed by atoms with Gasteiger partial charge in [-0.1, -0.05) is 19.1 Å². The third-order valence-corrected chi connectivity index (χ3v) is 3.70. The van der Waals surface area contributed by atoms with Crippen LogP contribution < -0.4 is 10.9 Å². The second-order valence-corrected chi connectivity index (χ2v) is 5.04. The van der Waals surface area contributed by atoms with E-state index in [4.69, 9.17) is 0 Å². The highest BCUT2D eigenvalue weighted by Gasteiger charge is 2.34. The van der Waals surface area contributed by atoms with Crippen molar-refractivity contribution in [3.8, 4) is 11.4 Å². The summed E-state index contributed by atoms with van der Waals surface area (Å²) in [4.78, 5) is 16.0. The lowest BCUT2D eigenvalue weighted by atomic mass is 10.0. The Morgan fingerprint density at radius 3 is 2.84 bits per heavy atom. The standard InChI is InChI=1S/C14H16N4O/c1-4-14(3)16-11-8-6-5-7-10(11)12-15-13(19)9(2)17-18(12)14/h5-8,16H,4H2,1-3H3/t14-/m1/s1. The molecule has 3 rings (SSSR count). The smallest absolute Gasteiger partial charge is 0.294 e. The van der Waals surface area contributed by atoms with E-state index in [2.05, 4.69) is 29.2 Å². The zero-order valence-electron chi connectivity index (χ0n) is 11.3. The predicted molar refractivity (Wildman–Crippen MR) is 74.0 cm³/mol. The third kappa shape index (κ3) is 1.65. The molecule has 1 aromatic heterocycles. The molecule has 0 saturated carbocycles. The molecule has 0 unspecified atom stereocenters. The average Bonchev–Trinajstić information content (AvgIpc) is 2.41. The molecule has 0 saturated heterocycles. The highest BCUT2D eigenvalue weighted by Crippen LogP contribution is 2.37. The molecule has 1 N–H and O–H groups in total. The summed E-state index contributed by atoms with van der Waals surface area (Å²) in [5, 5.41) is 7.90. The van der Waals surface area contributed by atoms with Gasteiger partial charge in [-0.3, -0.25) is 4.79 Å². The quantitative estimate of drug-likeness (QED) is 0.849. The first-order valence-corrected chi connectivity index (χ1v) is 6.41. The fraction of sp³-hybridized carbons (Fsp3) is 0.357. The summed E-state index contributed by atoms with van der Waals surface area (Å²) in [5.74, 6) is 0.634. The van der Waals surface area contributed by atoms with Gasteiger partial charge in [0.1, 0.15) is 11.4 Å². The van der Waals surface area contributed by atoms with Gasteiger partial charge in [0, 0.05) is 11.3 Å². The Bertz CT molecular complexity index is 707. The summed E-state index contributed by atoms with van der Waals surface area (Å²) < 4.78 is 1.83. The molecule has 0 amide bonds. The minimum atomic E-state index is -0.366. The van der Waals surface area contributed by atoms with Gasteiger partial charge in [0.2, 0.25) is 0 Å². The maximum atomic E-state index is 11.8. The van der Waals surface area contributed by atoms with Gasteiger partial charge in [-0.05, 0) is 32.4 Å². The highest BCUT2D eigenvalue weighted by atomic mass is 16.1. The number of benzene rings is 1. The normalized spacial score (nSPS) is 20.4. The van der Waals surface area contributed by atoms with E-state index in [0.29, 0.717) is 11.5 Å². The Hall–Kier alpha value is -2.17. The molecule has 1 aromatic carbocycles. The van der Waals surface area contributed by atoms with E-state index in [0.717, 1.165) is 17.7 Å². The van der Waals surface area contributed by atoms with Crippen LogP contribution in [-0.2, 0) is 5.66 Å². The Morgan fingerprint density at radius 1 is 1.37 bits per heavy atom. The number of aryl methyl sites for hydroxylation is 1. The Balaban J connectivity index is 2.37. The first-order valence-electron chi connectivity index (χ1n) is 6.41. The van der Waals surface area contributed by atoms with Crippen LogP contribution in [0.4, 0.5) is 5.69 Å². The van der Waals surface area contributed by atoms with Gasteiger partial charge < -0.3 is 5.32 Å². The van der Waals surface area contributed by atoms with Gasteiger partial charge in [0.15, 0.2) is 5.82 Å². The molecule has 0 spiro atoms. The Labute approximate surface area is 111 Å². The van der Waals surface area contributed by atoms with Crippen molar-refractivity contribution in [1.82, 2.24) is 14.8 Å². The summed E-state index contributed by atoms with van der Waals surface area (Å²) in [6.07, 6.45) is 0.839. The van der Waals surface area contributed by atoms with Crippen LogP contribution in [0.15, 0.2) is 29.1 Å². The molecule has 5 heteroatoms. The lowest BCUT2D eigenvalue weighted by molar-refractivity contribution is 0.308. The fourth-order valence-corrected chi connectivity index (χ4v) is 2.35. The summed E-state index contributed by atoms with van der Waals surface area (Å²) >= 11 is 0. The van der Waals surface area contributed by atoms with Crippen molar-refractivity contribution in [2.45, 2.75) is 32.9 Å². The third-order valence-electron chi connectivity index (χ3n) is 3.70. The zero-order valence-corrected chi connectivity index (χ0v) is 11.3. The van der Waals surface area contributed by atoms with Gasteiger partial charge in [-0.2, -0.15) is 10.1 Å². The van der Waals surface area contributed by atoms with Crippen LogP contribution in [0.3, 0.4) is 0 Å². The lowest BCUT2D eigenvalue weighted by Crippen LogP contribution is -2.44. The topological polar surface area (TPSA) is 59.8 Å². The first-order chi connectivity index (χ1) is 9.05. The van der Waals surface area contributed by atoms with Gasteiger partial charge in [0.25, 0.3) is 5.56 Å². The summed E-state index contributed by atoms with van der Waals surface area (Å²) in [7, 11) is 0. The van der Waals surface area contributed by atoms with Gasteiger partial charge >= 0.3 is 0 Å². The van der Waals surface area contributed by atoms with Crippen LogP contribution in [0.1, 0.15) is 26.0 Å². The number of aromatic nitrogens is 3. The van der Waals surface area contributed by atoms with Crippen LogP contribution in [-0.4, -0.2) is 14.8 Å². The molecule has 0 radical (unpaired) electrons. The number of anilines is 1. The fourth-order valence-electron chi connectivity index (χ4n) is 2.35. The van der Waals surface area contributed by atoms with Crippen molar-refractivity contribution in [3.63, 3.8) is 0 Å². The Kier molecular flexibility index (Phi) is 2.45. The van der Waals surface area contributed by atoms with E-state index in [9.17, 15) is 4.79 Å². The predicted octanol–water partition coefficient (Wildman–Crippen LogP) is 2.12. The molecular formula is C14H16N4O. The molecule has 2 heterocycles. The van der Waals surface area contributed by atoms with E-state index in [1.54, 1.807) is 6.92 Å². The van der Waals surface area contributed by atoms with Crippen molar-refractivity contribution in [2.75, 3.05) is 5.32 Å². The summed E-state index contributed by atoms with van der Waals surface area (Å²) in [6.45, 7) is 5.84. The van der Waals surface area contributed by atoms with Gasteiger partial charge in [-0.15, -0.1) is 0 Å². The van der Waals surface area contributed by atoms with E-state index in [1.807, 2.05) is 28.9 Å². The molecule has 1 aliphatic heterocycles. The van der Waals surface area contributed by atoms with E-state index in [1.165, 1.54) is 0 Å².